The highest BCUT2D eigenvalue weighted by molar-refractivity contribution is 7.98. The van der Waals surface area contributed by atoms with Crippen molar-refractivity contribution >= 4 is 28.6 Å². The number of alkyl halides is 2. The fourth-order valence-electron chi connectivity index (χ4n) is 2.41. The summed E-state index contributed by atoms with van der Waals surface area (Å²) in [4.78, 5) is 16.6. The van der Waals surface area contributed by atoms with Crippen LogP contribution in [-0.4, -0.2) is 21.6 Å². The van der Waals surface area contributed by atoms with Crippen molar-refractivity contribution in [2.75, 3.05) is 6.26 Å². The van der Waals surface area contributed by atoms with Gasteiger partial charge in [0.05, 0.1) is 17.1 Å². The number of rotatable bonds is 5. The number of thioether (sulfide) groups is 1. The molecule has 3 aromatic rings. The lowest BCUT2D eigenvalue weighted by molar-refractivity contribution is 0.0698. The molecule has 1 aromatic carbocycles. The number of nitrogens with zero attached hydrogens (tertiary/aromatic N) is 3. The van der Waals surface area contributed by atoms with Gasteiger partial charge < -0.3 is 4.42 Å². The molecule has 0 saturated carbocycles. The van der Waals surface area contributed by atoms with Gasteiger partial charge in [-0.25, -0.2) is 4.98 Å². The fraction of sp³-hybridized carbons (Fsp3) is 0.188. The van der Waals surface area contributed by atoms with Gasteiger partial charge in [0.15, 0.2) is 16.8 Å². The standard InChI is InChI=1S/C16H11F2N3O2S/c1-24-13-7-6-12(23-13)14(22)9(8-19)15-20-10-4-2-3-5-11(10)21(15)16(17)18/h2-7,9,16H,1H3/t9-/m0/s1. The summed E-state index contributed by atoms with van der Waals surface area (Å²) in [6.07, 6.45) is 1.77. The van der Waals surface area contributed by atoms with Crippen LogP contribution in [0, 0.1) is 11.3 Å². The Hall–Kier alpha value is -2.66. The van der Waals surface area contributed by atoms with E-state index in [1.165, 1.54) is 23.9 Å². The number of imidazole rings is 1. The van der Waals surface area contributed by atoms with Crippen LogP contribution in [0.5, 0.6) is 0 Å². The van der Waals surface area contributed by atoms with Gasteiger partial charge in [-0.2, -0.15) is 14.0 Å². The van der Waals surface area contributed by atoms with Gasteiger partial charge in [-0.1, -0.05) is 23.9 Å². The van der Waals surface area contributed by atoms with Crippen molar-refractivity contribution in [3.63, 3.8) is 0 Å². The monoisotopic (exact) mass is 347 g/mol. The number of aromatic nitrogens is 2. The summed E-state index contributed by atoms with van der Waals surface area (Å²) in [6, 6.07) is 11.0. The Balaban J connectivity index is 2.11. The highest BCUT2D eigenvalue weighted by Gasteiger charge is 2.32. The third-order valence-corrected chi connectivity index (χ3v) is 4.11. The topological polar surface area (TPSA) is 71.8 Å². The molecule has 2 aromatic heterocycles. The third kappa shape index (κ3) is 2.67. The second-order valence-corrected chi connectivity index (χ2v) is 5.67. The summed E-state index contributed by atoms with van der Waals surface area (Å²) in [5, 5.41) is 9.89. The molecule has 0 spiro atoms. The van der Waals surface area contributed by atoms with Crippen molar-refractivity contribution in [2.45, 2.75) is 17.6 Å². The van der Waals surface area contributed by atoms with Gasteiger partial charge in [-0.15, -0.1) is 0 Å². The molecule has 8 heteroatoms. The molecule has 24 heavy (non-hydrogen) atoms. The number of furan rings is 1. The van der Waals surface area contributed by atoms with Crippen LogP contribution >= 0.6 is 11.8 Å². The maximum Gasteiger partial charge on any atom is 0.320 e. The van der Waals surface area contributed by atoms with Crippen LogP contribution < -0.4 is 0 Å². The van der Waals surface area contributed by atoms with Crippen LogP contribution in [0.1, 0.15) is 28.8 Å². The molecule has 2 heterocycles. The number of hydrogen-bond acceptors (Lipinski definition) is 5. The smallest absolute Gasteiger partial charge is 0.320 e. The molecular formula is C16H11F2N3O2S. The van der Waals surface area contributed by atoms with E-state index in [4.69, 9.17) is 4.42 Å². The maximum absolute atomic E-state index is 13.5. The fourth-order valence-corrected chi connectivity index (χ4v) is 2.79. The molecule has 0 radical (unpaired) electrons. The molecule has 0 fully saturated rings. The number of Topliss-reactive ketones (excluding diaryl/α,β-unsaturated/α-hetero) is 1. The van der Waals surface area contributed by atoms with E-state index in [-0.39, 0.29) is 17.1 Å². The van der Waals surface area contributed by atoms with Crippen molar-refractivity contribution in [1.29, 1.82) is 5.26 Å². The number of fused-ring (bicyclic) bond motifs is 1. The maximum atomic E-state index is 13.5. The van der Waals surface area contributed by atoms with Crippen LogP contribution in [0.3, 0.4) is 0 Å². The zero-order valence-electron chi connectivity index (χ0n) is 12.4. The number of hydrogen-bond donors (Lipinski definition) is 0. The lowest BCUT2D eigenvalue weighted by atomic mass is 10.0. The minimum Gasteiger partial charge on any atom is -0.447 e. The van der Waals surface area contributed by atoms with Crippen LogP contribution in [0.25, 0.3) is 11.0 Å². The van der Waals surface area contributed by atoms with Gasteiger partial charge in [-0.3, -0.25) is 9.36 Å². The molecule has 0 amide bonds. The Morgan fingerprint density at radius 2 is 2.08 bits per heavy atom. The largest absolute Gasteiger partial charge is 0.447 e. The lowest BCUT2D eigenvalue weighted by Crippen LogP contribution is -2.17. The lowest BCUT2D eigenvalue weighted by Gasteiger charge is -2.10. The SMILES string of the molecule is CSc1ccc(C(=O)[C@H](C#N)c2nc3ccccc3n2C(F)F)o1. The van der Waals surface area contributed by atoms with Crippen LogP contribution in [-0.2, 0) is 0 Å². The second kappa shape index (κ2) is 6.45. The van der Waals surface area contributed by atoms with Crippen molar-refractivity contribution in [2.24, 2.45) is 0 Å². The van der Waals surface area contributed by atoms with Gasteiger partial charge >= 0.3 is 6.55 Å². The first-order chi connectivity index (χ1) is 11.6. The van der Waals surface area contributed by atoms with E-state index < -0.39 is 18.3 Å². The van der Waals surface area contributed by atoms with E-state index in [1.54, 1.807) is 36.6 Å². The van der Waals surface area contributed by atoms with Crippen LogP contribution in [0.4, 0.5) is 8.78 Å². The molecule has 0 N–H and O–H groups in total. The Morgan fingerprint density at radius 3 is 2.71 bits per heavy atom. The molecule has 0 aliphatic carbocycles. The Morgan fingerprint density at radius 1 is 1.33 bits per heavy atom. The van der Waals surface area contributed by atoms with Gasteiger partial charge in [0.1, 0.15) is 5.82 Å². The highest BCUT2D eigenvalue weighted by atomic mass is 32.2. The Kier molecular flexibility index (Phi) is 4.36. The number of para-hydroxylation sites is 2. The first kappa shape index (κ1) is 16.2. The normalized spacial score (nSPS) is 12.5. The first-order valence-corrected chi connectivity index (χ1v) is 8.12. The molecule has 5 nitrogen and oxygen atoms in total. The first-order valence-electron chi connectivity index (χ1n) is 6.89. The predicted octanol–water partition coefficient (Wildman–Crippen LogP) is 4.24. The molecule has 0 bridgehead atoms. The van der Waals surface area contributed by atoms with Gasteiger partial charge in [-0.05, 0) is 30.5 Å². The van der Waals surface area contributed by atoms with Crippen molar-refractivity contribution < 1.29 is 18.0 Å². The molecular weight excluding hydrogens is 336 g/mol. The molecule has 122 valence electrons. The number of carbonyl (C=O) groups excluding carboxylic acids is 1. The quantitative estimate of drug-likeness (QED) is 0.510. The average molecular weight is 347 g/mol. The summed E-state index contributed by atoms with van der Waals surface area (Å²) >= 11 is 1.29. The van der Waals surface area contributed by atoms with Crippen molar-refractivity contribution in [3.8, 4) is 6.07 Å². The molecule has 3 rings (SSSR count). The number of halogens is 2. The van der Waals surface area contributed by atoms with Crippen LogP contribution in [0.2, 0.25) is 0 Å². The molecule has 0 unspecified atom stereocenters. The minimum atomic E-state index is -2.92. The summed E-state index contributed by atoms with van der Waals surface area (Å²) in [6.45, 7) is -2.92. The van der Waals surface area contributed by atoms with Crippen molar-refractivity contribution in [3.05, 3.63) is 48.0 Å². The van der Waals surface area contributed by atoms with E-state index in [0.29, 0.717) is 15.2 Å². The number of carbonyl (C=O) groups is 1. The van der Waals surface area contributed by atoms with E-state index in [2.05, 4.69) is 4.98 Å². The zero-order chi connectivity index (χ0) is 17.3. The zero-order valence-corrected chi connectivity index (χ0v) is 13.3. The van der Waals surface area contributed by atoms with Gasteiger partial charge in [0, 0.05) is 0 Å². The third-order valence-electron chi connectivity index (χ3n) is 3.49. The number of benzene rings is 1. The second-order valence-electron chi connectivity index (χ2n) is 4.86. The Labute approximate surface area is 139 Å². The van der Waals surface area contributed by atoms with Crippen molar-refractivity contribution in [1.82, 2.24) is 9.55 Å². The molecule has 1 atom stereocenters. The summed E-state index contributed by atoms with van der Waals surface area (Å²) < 4.78 is 32.9. The van der Waals surface area contributed by atoms with E-state index >= 15 is 0 Å². The Bertz CT molecular complexity index is 942. The molecule has 0 aliphatic heterocycles. The molecule has 0 aliphatic rings. The van der Waals surface area contributed by atoms with Gasteiger partial charge in [0.25, 0.3) is 0 Å². The number of nitriles is 1. The van der Waals surface area contributed by atoms with E-state index in [1.807, 2.05) is 0 Å². The van der Waals surface area contributed by atoms with Gasteiger partial charge in [0.2, 0.25) is 5.78 Å². The highest BCUT2D eigenvalue weighted by Crippen LogP contribution is 2.30. The van der Waals surface area contributed by atoms with Crippen LogP contribution in [0.15, 0.2) is 45.9 Å². The van der Waals surface area contributed by atoms with E-state index in [0.717, 1.165) is 0 Å². The summed E-state index contributed by atoms with van der Waals surface area (Å²) in [5.74, 6) is -2.53. The van der Waals surface area contributed by atoms with E-state index in [9.17, 15) is 18.8 Å². The molecule has 0 saturated heterocycles. The predicted molar refractivity (Wildman–Crippen MR) is 84.2 cm³/mol. The average Bonchev–Trinajstić information content (AvgIpc) is 3.19. The summed E-state index contributed by atoms with van der Waals surface area (Å²) in [7, 11) is 0. The number of ketones is 1. The minimum absolute atomic E-state index is 0.0567. The summed E-state index contributed by atoms with van der Waals surface area (Å²) in [5.41, 5.74) is 0.463.